The van der Waals surface area contributed by atoms with Gasteiger partial charge in [-0.1, -0.05) is 18.1 Å². The van der Waals surface area contributed by atoms with Crippen molar-refractivity contribution in [3.8, 4) is 0 Å². The van der Waals surface area contributed by atoms with Crippen molar-refractivity contribution in [1.82, 2.24) is 20.3 Å². The maximum absolute atomic E-state index is 11.0. The monoisotopic (exact) mass is 308 g/mol. The highest BCUT2D eigenvalue weighted by atomic mass is 16.5. The number of carboxylic acids is 1. The molecule has 0 saturated heterocycles. The summed E-state index contributed by atoms with van der Waals surface area (Å²) in [6.07, 6.45) is 9.40. The molecule has 2 aliphatic carbocycles. The Morgan fingerprint density at radius 2 is 2.23 bits per heavy atom. The number of aromatic nitrogens is 3. The second-order valence-electron chi connectivity index (χ2n) is 6.47. The predicted molar refractivity (Wildman–Crippen MR) is 79.9 cm³/mol. The fourth-order valence-electron chi connectivity index (χ4n) is 3.54. The van der Waals surface area contributed by atoms with Gasteiger partial charge in [-0.2, -0.15) is 0 Å². The Bertz CT molecular complexity index is 521. The molecule has 1 aromatic heterocycles. The molecule has 1 aromatic rings. The van der Waals surface area contributed by atoms with Crippen LogP contribution in [0.15, 0.2) is 6.20 Å². The molecule has 2 saturated carbocycles. The van der Waals surface area contributed by atoms with E-state index in [1.54, 1.807) is 18.0 Å². The van der Waals surface area contributed by atoms with Crippen LogP contribution in [0, 0.1) is 0 Å². The molecule has 0 aromatic carbocycles. The van der Waals surface area contributed by atoms with Crippen molar-refractivity contribution in [2.24, 2.45) is 0 Å². The molecule has 122 valence electrons. The summed E-state index contributed by atoms with van der Waals surface area (Å²) >= 11 is 0. The van der Waals surface area contributed by atoms with Gasteiger partial charge in [-0.25, -0.2) is 9.48 Å². The number of aromatic carboxylic acids is 1. The van der Waals surface area contributed by atoms with Crippen LogP contribution in [0.2, 0.25) is 0 Å². The smallest absolute Gasteiger partial charge is 0.358 e. The minimum absolute atomic E-state index is 0.00338. The van der Waals surface area contributed by atoms with Gasteiger partial charge in [-0.15, -0.1) is 5.10 Å². The quantitative estimate of drug-likeness (QED) is 0.830. The molecule has 2 atom stereocenters. The Kier molecular flexibility index (Phi) is 4.44. The van der Waals surface area contributed by atoms with E-state index < -0.39 is 5.97 Å². The van der Waals surface area contributed by atoms with E-state index in [9.17, 15) is 4.79 Å². The van der Waals surface area contributed by atoms with Gasteiger partial charge in [0.15, 0.2) is 5.69 Å². The lowest BCUT2D eigenvalue weighted by Gasteiger charge is -2.43. The molecule has 0 radical (unpaired) electrons. The number of rotatable bonds is 6. The van der Waals surface area contributed by atoms with Gasteiger partial charge in [0.1, 0.15) is 0 Å². The number of nitrogens with zero attached hydrogens (tertiary/aromatic N) is 3. The summed E-state index contributed by atoms with van der Waals surface area (Å²) in [6, 6.07) is 0.466. The lowest BCUT2D eigenvalue weighted by Crippen LogP contribution is -2.52. The molecule has 0 bridgehead atoms. The van der Waals surface area contributed by atoms with Crippen LogP contribution in [0.4, 0.5) is 0 Å². The molecule has 0 spiro atoms. The third-order valence-electron chi connectivity index (χ3n) is 5.18. The number of carbonyl (C=O) groups is 1. The maximum Gasteiger partial charge on any atom is 0.358 e. The van der Waals surface area contributed by atoms with Gasteiger partial charge in [-0.3, -0.25) is 0 Å². The lowest BCUT2D eigenvalue weighted by atomic mass is 9.79. The van der Waals surface area contributed by atoms with Crippen molar-refractivity contribution in [3.63, 3.8) is 0 Å². The fraction of sp³-hybridized carbons (Fsp3) is 0.800. The molecule has 0 aliphatic heterocycles. The normalized spacial score (nSPS) is 27.3. The second kappa shape index (κ2) is 6.34. The molecule has 22 heavy (non-hydrogen) atoms. The standard InChI is InChI=1S/C15H24N4O3/c1-22-15(7-4-8-15)10-16-11-5-2-3-6-13(11)19-9-12(14(20)21)17-18-19/h9,11,13,16H,2-8,10H2,1H3,(H,20,21)/t11-,13+/m1/s1. The molecular formula is C15H24N4O3. The Balaban J connectivity index is 1.66. The van der Waals surface area contributed by atoms with Gasteiger partial charge >= 0.3 is 5.97 Å². The van der Waals surface area contributed by atoms with E-state index in [-0.39, 0.29) is 17.3 Å². The van der Waals surface area contributed by atoms with E-state index in [1.165, 1.54) is 12.8 Å². The van der Waals surface area contributed by atoms with Crippen LogP contribution in [-0.4, -0.2) is 51.4 Å². The molecule has 0 unspecified atom stereocenters. The van der Waals surface area contributed by atoms with E-state index in [1.807, 2.05) is 0 Å². The molecule has 7 heteroatoms. The highest BCUT2D eigenvalue weighted by molar-refractivity contribution is 5.84. The molecule has 0 amide bonds. The van der Waals surface area contributed by atoms with Crippen LogP contribution in [-0.2, 0) is 4.74 Å². The summed E-state index contributed by atoms with van der Waals surface area (Å²) in [5, 5.41) is 20.4. The number of carboxylic acid groups (broad SMARTS) is 1. The molecule has 7 nitrogen and oxygen atoms in total. The van der Waals surface area contributed by atoms with E-state index >= 15 is 0 Å². The van der Waals surface area contributed by atoms with Crippen LogP contribution in [0.5, 0.6) is 0 Å². The zero-order valence-electron chi connectivity index (χ0n) is 13.0. The van der Waals surface area contributed by atoms with E-state index in [4.69, 9.17) is 9.84 Å². The van der Waals surface area contributed by atoms with Crippen LogP contribution in [0.3, 0.4) is 0 Å². The predicted octanol–water partition coefficient (Wildman–Crippen LogP) is 1.62. The van der Waals surface area contributed by atoms with Gasteiger partial charge in [0, 0.05) is 19.7 Å². The molecule has 2 N–H and O–H groups in total. The highest BCUT2D eigenvalue weighted by Gasteiger charge is 2.38. The van der Waals surface area contributed by atoms with Gasteiger partial charge in [0.25, 0.3) is 0 Å². The summed E-state index contributed by atoms with van der Waals surface area (Å²) in [4.78, 5) is 11.0. The number of nitrogens with one attached hydrogen (secondary N) is 1. The zero-order chi connectivity index (χ0) is 15.6. The first-order chi connectivity index (χ1) is 10.6. The van der Waals surface area contributed by atoms with Crippen molar-refractivity contribution in [2.75, 3.05) is 13.7 Å². The molecule has 2 fully saturated rings. The number of methoxy groups -OCH3 is 1. The van der Waals surface area contributed by atoms with Crippen molar-refractivity contribution < 1.29 is 14.6 Å². The molecule has 3 rings (SSSR count). The lowest BCUT2D eigenvalue weighted by molar-refractivity contribution is -0.0723. The maximum atomic E-state index is 11.0. The van der Waals surface area contributed by atoms with E-state index in [0.29, 0.717) is 6.04 Å². The average molecular weight is 308 g/mol. The van der Waals surface area contributed by atoms with Gasteiger partial charge in [-0.05, 0) is 32.1 Å². The first-order valence-corrected chi connectivity index (χ1v) is 8.07. The Morgan fingerprint density at radius 1 is 1.45 bits per heavy atom. The minimum atomic E-state index is -1.03. The topological polar surface area (TPSA) is 89.3 Å². The zero-order valence-corrected chi connectivity index (χ0v) is 13.0. The number of hydrogen-bond donors (Lipinski definition) is 2. The average Bonchev–Trinajstić information content (AvgIpc) is 2.97. The summed E-state index contributed by atoms with van der Waals surface area (Å²) in [6.45, 7) is 0.852. The van der Waals surface area contributed by atoms with Gasteiger partial charge < -0.3 is 15.2 Å². The van der Waals surface area contributed by atoms with Gasteiger partial charge in [0.05, 0.1) is 17.8 Å². The Morgan fingerprint density at radius 3 is 2.82 bits per heavy atom. The summed E-state index contributed by atoms with van der Waals surface area (Å²) in [5.74, 6) is -1.03. The Hall–Kier alpha value is -1.47. The van der Waals surface area contributed by atoms with E-state index in [2.05, 4.69) is 15.6 Å². The summed E-state index contributed by atoms with van der Waals surface area (Å²) in [7, 11) is 1.79. The third kappa shape index (κ3) is 3.01. The third-order valence-corrected chi connectivity index (χ3v) is 5.18. The largest absolute Gasteiger partial charge is 0.476 e. The first kappa shape index (κ1) is 15.4. The van der Waals surface area contributed by atoms with Crippen molar-refractivity contribution in [1.29, 1.82) is 0 Å². The Labute approximate surface area is 130 Å². The highest BCUT2D eigenvalue weighted by Crippen LogP contribution is 2.35. The van der Waals surface area contributed by atoms with Crippen molar-refractivity contribution in [3.05, 3.63) is 11.9 Å². The second-order valence-corrected chi connectivity index (χ2v) is 6.47. The molecule has 1 heterocycles. The minimum Gasteiger partial charge on any atom is -0.476 e. The fourth-order valence-corrected chi connectivity index (χ4v) is 3.54. The molecule has 2 aliphatic rings. The van der Waals surface area contributed by atoms with Gasteiger partial charge in [0.2, 0.25) is 0 Å². The van der Waals surface area contributed by atoms with Crippen LogP contribution >= 0.6 is 0 Å². The van der Waals surface area contributed by atoms with Crippen molar-refractivity contribution in [2.45, 2.75) is 62.6 Å². The first-order valence-electron chi connectivity index (χ1n) is 8.07. The summed E-state index contributed by atoms with van der Waals surface area (Å²) < 4.78 is 7.39. The summed E-state index contributed by atoms with van der Waals surface area (Å²) in [5.41, 5.74) is 0.00743. The number of ether oxygens (including phenoxy) is 1. The van der Waals surface area contributed by atoms with Crippen LogP contribution in [0.25, 0.3) is 0 Å². The molecular weight excluding hydrogens is 284 g/mol. The van der Waals surface area contributed by atoms with Crippen LogP contribution in [0.1, 0.15) is 61.5 Å². The number of hydrogen-bond acceptors (Lipinski definition) is 5. The SMILES string of the molecule is COC1(CN[C@@H]2CCCC[C@@H]2n2cc(C(=O)O)nn2)CCC1. The van der Waals surface area contributed by atoms with Crippen LogP contribution < -0.4 is 5.32 Å². The van der Waals surface area contributed by atoms with E-state index in [0.717, 1.165) is 38.6 Å². The van der Waals surface area contributed by atoms with Crippen molar-refractivity contribution >= 4 is 5.97 Å².